The van der Waals surface area contributed by atoms with E-state index in [1.165, 1.54) is 35.1 Å². The van der Waals surface area contributed by atoms with Crippen molar-refractivity contribution in [3.63, 3.8) is 0 Å². The van der Waals surface area contributed by atoms with Gasteiger partial charge in [-0.2, -0.15) is 0 Å². The number of rotatable bonds is 1. The molecule has 0 amide bonds. The van der Waals surface area contributed by atoms with Crippen LogP contribution in [-0.4, -0.2) is 0 Å². The lowest BCUT2D eigenvalue weighted by molar-refractivity contribution is 0.332. The van der Waals surface area contributed by atoms with Crippen LogP contribution in [0.15, 0.2) is 42.5 Å². The maximum Gasteiger partial charge on any atom is 0.0406 e. The van der Waals surface area contributed by atoms with Crippen LogP contribution in [0, 0.1) is 0 Å². The summed E-state index contributed by atoms with van der Waals surface area (Å²) in [5.41, 5.74) is 6.08. The Labute approximate surface area is 133 Å². The Bertz CT molecular complexity index is 663. The molecule has 1 heteroatoms. The van der Waals surface area contributed by atoms with Crippen molar-refractivity contribution >= 4 is 11.6 Å². The Kier molecular flexibility index (Phi) is 3.41. The Morgan fingerprint density at radius 1 is 0.714 bits per heavy atom. The van der Waals surface area contributed by atoms with Gasteiger partial charge in [0, 0.05) is 5.02 Å². The van der Waals surface area contributed by atoms with E-state index in [2.05, 4.69) is 58.0 Å². The number of hydrogen-bond donors (Lipinski definition) is 0. The summed E-state index contributed by atoms with van der Waals surface area (Å²) in [6.45, 7) is 9.46. The topological polar surface area (TPSA) is 0 Å². The van der Waals surface area contributed by atoms with Gasteiger partial charge in [-0.15, -0.1) is 0 Å². The largest absolute Gasteiger partial charge is 0.0843 e. The first-order chi connectivity index (χ1) is 9.79. The van der Waals surface area contributed by atoms with E-state index >= 15 is 0 Å². The van der Waals surface area contributed by atoms with Crippen molar-refractivity contribution < 1.29 is 0 Å². The lowest BCUT2D eigenvalue weighted by Gasteiger charge is -2.42. The van der Waals surface area contributed by atoms with Gasteiger partial charge in [0.25, 0.3) is 0 Å². The molecular weight excluding hydrogens is 276 g/mol. The molecule has 0 aromatic heterocycles. The third-order valence-corrected chi connectivity index (χ3v) is 5.28. The summed E-state index contributed by atoms with van der Waals surface area (Å²) in [7, 11) is 0. The van der Waals surface area contributed by atoms with Gasteiger partial charge in [0.05, 0.1) is 0 Å². The first kappa shape index (κ1) is 14.7. The Morgan fingerprint density at radius 2 is 1.24 bits per heavy atom. The summed E-state index contributed by atoms with van der Waals surface area (Å²) >= 11 is 6.00. The molecule has 0 unspecified atom stereocenters. The zero-order valence-electron chi connectivity index (χ0n) is 13.3. The number of halogens is 1. The molecule has 1 aliphatic rings. The van der Waals surface area contributed by atoms with Gasteiger partial charge in [-0.1, -0.05) is 69.6 Å². The van der Waals surface area contributed by atoms with E-state index in [0.29, 0.717) is 0 Å². The lowest BCUT2D eigenvalue weighted by Crippen LogP contribution is -2.33. The van der Waals surface area contributed by atoms with Crippen molar-refractivity contribution in [2.45, 2.75) is 51.4 Å². The molecular formula is C20H23Cl. The summed E-state index contributed by atoms with van der Waals surface area (Å²) in [6, 6.07) is 15.1. The Balaban J connectivity index is 2.14. The van der Waals surface area contributed by atoms with Crippen molar-refractivity contribution in [3.8, 4) is 11.1 Å². The fourth-order valence-electron chi connectivity index (χ4n) is 3.41. The van der Waals surface area contributed by atoms with Crippen molar-refractivity contribution in [3.05, 3.63) is 58.6 Å². The SMILES string of the molecule is CC1(C)CCC(C)(C)c2cc(-c3ccc(Cl)cc3)ccc21. The standard InChI is InChI=1S/C20H23Cl/c1-19(2)11-12-20(3,4)18-13-15(7-10-17(18)19)14-5-8-16(21)9-6-14/h5-10,13H,11-12H2,1-4H3. The molecule has 1 aliphatic carbocycles. The van der Waals surface area contributed by atoms with E-state index in [1.54, 1.807) is 0 Å². The summed E-state index contributed by atoms with van der Waals surface area (Å²) in [4.78, 5) is 0. The summed E-state index contributed by atoms with van der Waals surface area (Å²) < 4.78 is 0. The molecule has 0 aliphatic heterocycles. The smallest absolute Gasteiger partial charge is 0.0406 e. The maximum absolute atomic E-state index is 6.00. The van der Waals surface area contributed by atoms with Crippen LogP contribution in [0.4, 0.5) is 0 Å². The minimum atomic E-state index is 0.257. The van der Waals surface area contributed by atoms with Gasteiger partial charge in [-0.25, -0.2) is 0 Å². The van der Waals surface area contributed by atoms with Crippen LogP contribution in [0.3, 0.4) is 0 Å². The highest BCUT2D eigenvalue weighted by Gasteiger charge is 2.36. The quantitative estimate of drug-likeness (QED) is 0.575. The van der Waals surface area contributed by atoms with E-state index in [-0.39, 0.29) is 10.8 Å². The van der Waals surface area contributed by atoms with Crippen molar-refractivity contribution in [1.82, 2.24) is 0 Å². The minimum absolute atomic E-state index is 0.257. The number of hydrogen-bond acceptors (Lipinski definition) is 0. The molecule has 2 aromatic carbocycles. The molecule has 0 N–H and O–H groups in total. The molecule has 0 nitrogen and oxygen atoms in total. The molecule has 0 spiro atoms. The van der Waals surface area contributed by atoms with Crippen molar-refractivity contribution in [2.24, 2.45) is 0 Å². The molecule has 3 rings (SSSR count). The summed E-state index contributed by atoms with van der Waals surface area (Å²) in [6.07, 6.45) is 2.50. The third kappa shape index (κ3) is 2.62. The van der Waals surface area contributed by atoms with E-state index in [4.69, 9.17) is 11.6 Å². The molecule has 0 fully saturated rings. The highest BCUT2D eigenvalue weighted by molar-refractivity contribution is 6.30. The number of benzene rings is 2. The second-order valence-electron chi connectivity index (χ2n) is 7.54. The lowest BCUT2D eigenvalue weighted by atomic mass is 9.63. The van der Waals surface area contributed by atoms with Gasteiger partial charge in [0.15, 0.2) is 0 Å². The fourth-order valence-corrected chi connectivity index (χ4v) is 3.54. The number of fused-ring (bicyclic) bond motifs is 1. The molecule has 0 heterocycles. The van der Waals surface area contributed by atoms with Crippen LogP contribution in [0.5, 0.6) is 0 Å². The van der Waals surface area contributed by atoms with Crippen LogP contribution in [-0.2, 0) is 10.8 Å². The third-order valence-electron chi connectivity index (χ3n) is 5.03. The van der Waals surface area contributed by atoms with E-state index < -0.39 is 0 Å². The summed E-state index contributed by atoms with van der Waals surface area (Å²) in [5.74, 6) is 0. The molecule has 0 radical (unpaired) electrons. The van der Waals surface area contributed by atoms with Crippen LogP contribution in [0.2, 0.25) is 5.02 Å². The van der Waals surface area contributed by atoms with E-state index in [9.17, 15) is 0 Å². The van der Waals surface area contributed by atoms with Gasteiger partial charge in [-0.3, -0.25) is 0 Å². The zero-order valence-corrected chi connectivity index (χ0v) is 14.1. The van der Waals surface area contributed by atoms with Crippen LogP contribution in [0.25, 0.3) is 11.1 Å². The second-order valence-corrected chi connectivity index (χ2v) is 7.97. The minimum Gasteiger partial charge on any atom is -0.0843 e. The van der Waals surface area contributed by atoms with Crippen molar-refractivity contribution in [1.29, 1.82) is 0 Å². The predicted molar refractivity (Wildman–Crippen MR) is 92.2 cm³/mol. The first-order valence-corrected chi connectivity index (χ1v) is 8.08. The van der Waals surface area contributed by atoms with Gasteiger partial charge < -0.3 is 0 Å². The molecule has 0 atom stereocenters. The van der Waals surface area contributed by atoms with Crippen LogP contribution in [0.1, 0.15) is 51.7 Å². The Hall–Kier alpha value is -1.27. The van der Waals surface area contributed by atoms with Gasteiger partial charge >= 0.3 is 0 Å². The van der Waals surface area contributed by atoms with Crippen LogP contribution < -0.4 is 0 Å². The fraction of sp³-hybridized carbons (Fsp3) is 0.400. The molecule has 110 valence electrons. The molecule has 0 saturated heterocycles. The molecule has 21 heavy (non-hydrogen) atoms. The average molecular weight is 299 g/mol. The molecule has 0 saturated carbocycles. The zero-order chi connectivity index (χ0) is 15.3. The highest BCUT2D eigenvalue weighted by atomic mass is 35.5. The Morgan fingerprint density at radius 3 is 1.86 bits per heavy atom. The normalized spacial score (nSPS) is 19.1. The van der Waals surface area contributed by atoms with Gasteiger partial charge in [0.1, 0.15) is 0 Å². The molecule has 2 aromatic rings. The van der Waals surface area contributed by atoms with E-state index in [0.717, 1.165) is 5.02 Å². The van der Waals surface area contributed by atoms with E-state index in [1.807, 2.05) is 12.1 Å². The first-order valence-electron chi connectivity index (χ1n) is 7.71. The monoisotopic (exact) mass is 298 g/mol. The molecule has 0 bridgehead atoms. The summed E-state index contributed by atoms with van der Waals surface area (Å²) in [5, 5.41) is 0.790. The average Bonchev–Trinajstić information content (AvgIpc) is 2.45. The van der Waals surface area contributed by atoms with Crippen molar-refractivity contribution in [2.75, 3.05) is 0 Å². The van der Waals surface area contributed by atoms with Gasteiger partial charge in [-0.05, 0) is 58.1 Å². The van der Waals surface area contributed by atoms with Crippen LogP contribution >= 0.6 is 11.6 Å². The second kappa shape index (κ2) is 4.88. The maximum atomic E-state index is 6.00. The highest BCUT2D eigenvalue weighted by Crippen LogP contribution is 2.46. The predicted octanol–water partition coefficient (Wildman–Crippen LogP) is 6.36. The van der Waals surface area contributed by atoms with Gasteiger partial charge in [0.2, 0.25) is 0 Å².